The standard InChI is InChI=1S/C24H23N5O3/c1-31-24(30)18-3-2-4-19(15-18)26-23-22(27-21-16-25-9-10-29(21)23)17-5-7-20(8-6-17)28-11-13-32-14-12-28/h2-10,15-16,26H,11-14H2,1H3. The molecule has 1 aliphatic rings. The second-order valence-electron chi connectivity index (χ2n) is 7.46. The highest BCUT2D eigenvalue weighted by molar-refractivity contribution is 5.91. The lowest BCUT2D eigenvalue weighted by atomic mass is 10.1. The number of carbonyl (C=O) groups is 1. The van der Waals surface area contributed by atoms with Crippen LogP contribution < -0.4 is 10.2 Å². The Hall–Kier alpha value is -3.91. The average molecular weight is 429 g/mol. The maximum atomic E-state index is 11.9. The third kappa shape index (κ3) is 3.88. The molecule has 32 heavy (non-hydrogen) atoms. The first kappa shape index (κ1) is 20.0. The molecule has 8 nitrogen and oxygen atoms in total. The fourth-order valence-electron chi connectivity index (χ4n) is 3.86. The van der Waals surface area contributed by atoms with Crippen LogP contribution in [0, 0.1) is 0 Å². The number of methoxy groups -OCH3 is 1. The van der Waals surface area contributed by atoms with Crippen molar-refractivity contribution in [1.82, 2.24) is 14.4 Å². The molecule has 162 valence electrons. The summed E-state index contributed by atoms with van der Waals surface area (Å²) in [6, 6.07) is 15.6. The van der Waals surface area contributed by atoms with Crippen LogP contribution in [0.15, 0.2) is 67.1 Å². The second kappa shape index (κ2) is 8.68. The summed E-state index contributed by atoms with van der Waals surface area (Å²) in [4.78, 5) is 23.3. The Balaban J connectivity index is 1.52. The van der Waals surface area contributed by atoms with E-state index < -0.39 is 0 Å². The van der Waals surface area contributed by atoms with Gasteiger partial charge in [0.25, 0.3) is 0 Å². The van der Waals surface area contributed by atoms with Crippen molar-refractivity contribution in [2.45, 2.75) is 0 Å². The number of nitrogens with zero attached hydrogens (tertiary/aromatic N) is 4. The third-order valence-corrected chi connectivity index (χ3v) is 5.49. The van der Waals surface area contributed by atoms with Crippen molar-refractivity contribution in [3.8, 4) is 11.3 Å². The molecule has 0 atom stereocenters. The lowest BCUT2D eigenvalue weighted by Gasteiger charge is -2.28. The first-order chi connectivity index (χ1) is 15.7. The van der Waals surface area contributed by atoms with Gasteiger partial charge >= 0.3 is 5.97 Å². The summed E-state index contributed by atoms with van der Waals surface area (Å²) in [5.41, 5.74) is 4.92. The minimum absolute atomic E-state index is 0.380. The molecule has 0 radical (unpaired) electrons. The van der Waals surface area contributed by atoms with Crippen LogP contribution in [0.2, 0.25) is 0 Å². The topological polar surface area (TPSA) is 81.0 Å². The molecular weight excluding hydrogens is 406 g/mol. The number of aromatic nitrogens is 3. The Bertz CT molecular complexity index is 1250. The van der Waals surface area contributed by atoms with Crippen LogP contribution in [0.25, 0.3) is 16.9 Å². The fourth-order valence-corrected chi connectivity index (χ4v) is 3.86. The summed E-state index contributed by atoms with van der Waals surface area (Å²) < 4.78 is 12.2. The molecule has 2 aromatic carbocycles. The number of nitrogens with one attached hydrogen (secondary N) is 1. The van der Waals surface area contributed by atoms with Gasteiger partial charge in [-0.2, -0.15) is 0 Å². The quantitative estimate of drug-likeness (QED) is 0.484. The predicted octanol–water partition coefficient (Wildman–Crippen LogP) is 3.76. The van der Waals surface area contributed by atoms with Crippen molar-refractivity contribution in [2.75, 3.05) is 43.6 Å². The molecule has 0 amide bonds. The Morgan fingerprint density at radius 3 is 2.72 bits per heavy atom. The molecule has 0 saturated carbocycles. The number of ether oxygens (including phenoxy) is 2. The van der Waals surface area contributed by atoms with Crippen molar-refractivity contribution >= 4 is 28.8 Å². The van der Waals surface area contributed by atoms with Gasteiger partial charge in [0.1, 0.15) is 11.5 Å². The minimum atomic E-state index is -0.380. The van der Waals surface area contributed by atoms with Crippen LogP contribution in [0.3, 0.4) is 0 Å². The number of hydrogen-bond acceptors (Lipinski definition) is 7. The van der Waals surface area contributed by atoms with E-state index in [0.29, 0.717) is 5.56 Å². The number of carbonyl (C=O) groups excluding carboxylic acids is 1. The van der Waals surface area contributed by atoms with Gasteiger partial charge in [0, 0.05) is 42.4 Å². The molecule has 1 aliphatic heterocycles. The van der Waals surface area contributed by atoms with Crippen LogP contribution >= 0.6 is 0 Å². The molecule has 0 bridgehead atoms. The molecule has 0 unspecified atom stereocenters. The Kier molecular flexibility index (Phi) is 5.43. The Morgan fingerprint density at radius 1 is 1.12 bits per heavy atom. The number of esters is 1. The minimum Gasteiger partial charge on any atom is -0.465 e. The predicted molar refractivity (Wildman–Crippen MR) is 123 cm³/mol. The largest absolute Gasteiger partial charge is 0.465 e. The Labute approximate surface area is 185 Å². The molecule has 1 saturated heterocycles. The molecule has 2 aromatic heterocycles. The van der Waals surface area contributed by atoms with Crippen molar-refractivity contribution < 1.29 is 14.3 Å². The van der Waals surface area contributed by atoms with Crippen LogP contribution in [-0.4, -0.2) is 53.8 Å². The highest BCUT2D eigenvalue weighted by Crippen LogP contribution is 2.32. The number of rotatable bonds is 5. The first-order valence-corrected chi connectivity index (χ1v) is 10.4. The monoisotopic (exact) mass is 429 g/mol. The number of anilines is 3. The van der Waals surface area contributed by atoms with Gasteiger partial charge in [0.2, 0.25) is 0 Å². The van der Waals surface area contributed by atoms with Crippen LogP contribution in [0.5, 0.6) is 0 Å². The summed E-state index contributed by atoms with van der Waals surface area (Å²) in [6.07, 6.45) is 5.30. The number of morpholine rings is 1. The Morgan fingerprint density at radius 2 is 1.94 bits per heavy atom. The van der Waals surface area contributed by atoms with E-state index in [0.717, 1.165) is 54.7 Å². The molecule has 1 fully saturated rings. The molecule has 4 aromatic rings. The number of hydrogen-bond donors (Lipinski definition) is 1. The van der Waals surface area contributed by atoms with E-state index in [2.05, 4.69) is 39.5 Å². The lowest BCUT2D eigenvalue weighted by Crippen LogP contribution is -2.36. The van der Waals surface area contributed by atoms with Crippen molar-refractivity contribution in [3.05, 3.63) is 72.7 Å². The molecule has 3 heterocycles. The van der Waals surface area contributed by atoms with Crippen molar-refractivity contribution in [1.29, 1.82) is 0 Å². The molecule has 8 heteroatoms. The summed E-state index contributed by atoms with van der Waals surface area (Å²) in [5, 5.41) is 3.43. The highest BCUT2D eigenvalue weighted by Gasteiger charge is 2.17. The van der Waals surface area contributed by atoms with Crippen LogP contribution in [0.4, 0.5) is 17.2 Å². The van der Waals surface area contributed by atoms with Gasteiger partial charge in [0.15, 0.2) is 5.65 Å². The highest BCUT2D eigenvalue weighted by atomic mass is 16.5. The maximum Gasteiger partial charge on any atom is 0.337 e. The van der Waals surface area contributed by atoms with E-state index in [9.17, 15) is 4.79 Å². The fraction of sp³-hybridized carbons (Fsp3) is 0.208. The summed E-state index contributed by atoms with van der Waals surface area (Å²) in [5.74, 6) is 0.415. The van der Waals surface area contributed by atoms with Gasteiger partial charge in [-0.05, 0) is 30.3 Å². The number of fused-ring (bicyclic) bond motifs is 1. The number of imidazole rings is 1. The summed E-state index contributed by atoms with van der Waals surface area (Å²) in [6.45, 7) is 3.28. The first-order valence-electron chi connectivity index (χ1n) is 10.4. The zero-order chi connectivity index (χ0) is 21.9. The second-order valence-corrected chi connectivity index (χ2v) is 7.46. The van der Waals surface area contributed by atoms with E-state index in [4.69, 9.17) is 14.5 Å². The van der Waals surface area contributed by atoms with Gasteiger partial charge in [-0.25, -0.2) is 9.78 Å². The van der Waals surface area contributed by atoms with E-state index in [1.54, 1.807) is 24.5 Å². The van der Waals surface area contributed by atoms with Crippen molar-refractivity contribution in [3.63, 3.8) is 0 Å². The average Bonchev–Trinajstić information content (AvgIpc) is 3.22. The molecule has 5 rings (SSSR count). The zero-order valence-corrected chi connectivity index (χ0v) is 17.7. The maximum absolute atomic E-state index is 11.9. The summed E-state index contributed by atoms with van der Waals surface area (Å²) in [7, 11) is 1.37. The smallest absolute Gasteiger partial charge is 0.337 e. The number of benzene rings is 2. The zero-order valence-electron chi connectivity index (χ0n) is 17.7. The van der Waals surface area contributed by atoms with Crippen LogP contribution in [-0.2, 0) is 9.47 Å². The summed E-state index contributed by atoms with van der Waals surface area (Å²) >= 11 is 0. The van der Waals surface area contributed by atoms with E-state index in [-0.39, 0.29) is 5.97 Å². The van der Waals surface area contributed by atoms with E-state index in [1.807, 2.05) is 22.7 Å². The van der Waals surface area contributed by atoms with E-state index in [1.165, 1.54) is 12.8 Å². The molecule has 1 N–H and O–H groups in total. The van der Waals surface area contributed by atoms with Crippen LogP contribution in [0.1, 0.15) is 10.4 Å². The van der Waals surface area contributed by atoms with Gasteiger partial charge in [0.05, 0.1) is 32.1 Å². The molecule has 0 spiro atoms. The van der Waals surface area contributed by atoms with Crippen molar-refractivity contribution in [2.24, 2.45) is 0 Å². The molecular formula is C24H23N5O3. The SMILES string of the molecule is COC(=O)c1cccc(Nc2c(-c3ccc(N4CCOCC4)cc3)nc3cnccn23)c1. The third-order valence-electron chi connectivity index (χ3n) is 5.49. The van der Waals surface area contributed by atoms with Gasteiger partial charge in [-0.1, -0.05) is 18.2 Å². The van der Waals surface area contributed by atoms with Gasteiger partial charge in [-0.15, -0.1) is 0 Å². The normalized spacial score (nSPS) is 13.8. The van der Waals surface area contributed by atoms with E-state index >= 15 is 0 Å². The molecule has 0 aliphatic carbocycles. The lowest BCUT2D eigenvalue weighted by molar-refractivity contribution is 0.0601. The van der Waals surface area contributed by atoms with Gasteiger partial charge in [-0.3, -0.25) is 9.38 Å². The van der Waals surface area contributed by atoms with Gasteiger partial charge < -0.3 is 19.7 Å².